The summed E-state index contributed by atoms with van der Waals surface area (Å²) in [6, 6.07) is 9.34. The normalized spacial score (nSPS) is 10.6. The summed E-state index contributed by atoms with van der Waals surface area (Å²) in [6.07, 6.45) is 2.18. The first kappa shape index (κ1) is 19.8. The Labute approximate surface area is 157 Å². The summed E-state index contributed by atoms with van der Waals surface area (Å²) in [6.45, 7) is 4.93. The van der Waals surface area contributed by atoms with Crippen molar-refractivity contribution < 1.29 is 9.59 Å². The molecule has 1 heterocycles. The van der Waals surface area contributed by atoms with E-state index in [1.165, 1.54) is 11.3 Å². The zero-order valence-electron chi connectivity index (χ0n) is 15.1. The molecule has 1 aromatic heterocycles. The van der Waals surface area contributed by atoms with E-state index in [4.69, 9.17) is 0 Å². The van der Waals surface area contributed by atoms with Gasteiger partial charge in [0.25, 0.3) is 0 Å². The second-order valence-corrected chi connectivity index (χ2v) is 6.86. The van der Waals surface area contributed by atoms with Crippen molar-refractivity contribution in [3.8, 4) is 0 Å². The maximum absolute atomic E-state index is 11.9. The lowest BCUT2D eigenvalue weighted by molar-refractivity contribution is -0.116. The molecule has 3 amide bonds. The highest BCUT2D eigenvalue weighted by Crippen LogP contribution is 2.27. The van der Waals surface area contributed by atoms with Gasteiger partial charge in [-0.2, -0.15) is 0 Å². The summed E-state index contributed by atoms with van der Waals surface area (Å²) in [5.74, 6) is 0.189. The fraction of sp³-hybridized carbons (Fsp3) is 0.444. The fourth-order valence-corrected chi connectivity index (χ4v) is 3.43. The Morgan fingerprint density at radius 1 is 1.08 bits per heavy atom. The molecular formula is C18H25N5O2S. The van der Waals surface area contributed by atoms with Gasteiger partial charge in [-0.05, 0) is 18.4 Å². The molecule has 1 aromatic carbocycles. The molecule has 0 radical (unpaired) electrons. The van der Waals surface area contributed by atoms with Crippen molar-refractivity contribution in [1.82, 2.24) is 20.8 Å². The van der Waals surface area contributed by atoms with Crippen molar-refractivity contribution in [2.45, 2.75) is 45.6 Å². The Balaban J connectivity index is 1.66. The van der Waals surface area contributed by atoms with Crippen LogP contribution >= 0.6 is 11.3 Å². The number of amides is 3. The number of urea groups is 1. The van der Waals surface area contributed by atoms with Crippen molar-refractivity contribution in [2.75, 3.05) is 11.9 Å². The number of nitrogens with one attached hydrogen (secondary N) is 3. The standard InChI is InChI=1S/C18H25N5O2S/c1-3-14(4-2)16-22-23-18(26-16)21-15(24)10-11-19-17(25)20-12-13-8-6-5-7-9-13/h5-9,14H,3-4,10-12H2,1-2H3,(H2,19,20,25)(H,21,23,24). The number of nitrogens with zero attached hydrogens (tertiary/aromatic N) is 2. The van der Waals surface area contributed by atoms with Gasteiger partial charge in [0.2, 0.25) is 11.0 Å². The van der Waals surface area contributed by atoms with Crippen LogP contribution in [0.1, 0.15) is 49.6 Å². The van der Waals surface area contributed by atoms with Crippen LogP contribution in [0.2, 0.25) is 0 Å². The van der Waals surface area contributed by atoms with E-state index in [0.717, 1.165) is 23.4 Å². The van der Waals surface area contributed by atoms with Gasteiger partial charge in [-0.25, -0.2) is 4.79 Å². The zero-order valence-corrected chi connectivity index (χ0v) is 15.9. The Hall–Kier alpha value is -2.48. The van der Waals surface area contributed by atoms with Crippen LogP contribution in [0.25, 0.3) is 0 Å². The van der Waals surface area contributed by atoms with E-state index in [-0.39, 0.29) is 24.9 Å². The number of anilines is 1. The van der Waals surface area contributed by atoms with Crippen molar-refractivity contribution in [3.63, 3.8) is 0 Å². The van der Waals surface area contributed by atoms with Crippen LogP contribution in [0.5, 0.6) is 0 Å². The van der Waals surface area contributed by atoms with Gasteiger partial charge in [0.15, 0.2) is 0 Å². The fourth-order valence-electron chi connectivity index (χ4n) is 2.40. The number of rotatable bonds is 9. The van der Waals surface area contributed by atoms with Crippen molar-refractivity contribution >= 4 is 28.4 Å². The van der Waals surface area contributed by atoms with E-state index in [2.05, 4.69) is 40.0 Å². The minimum Gasteiger partial charge on any atom is -0.338 e. The van der Waals surface area contributed by atoms with E-state index in [0.29, 0.717) is 17.6 Å². The lowest BCUT2D eigenvalue weighted by Gasteiger charge is -2.07. The second kappa shape index (κ2) is 10.5. The van der Waals surface area contributed by atoms with E-state index in [1.54, 1.807) is 0 Å². The first-order valence-corrected chi connectivity index (χ1v) is 9.62. The molecule has 0 saturated carbocycles. The van der Waals surface area contributed by atoms with Gasteiger partial charge in [0.05, 0.1) is 0 Å². The maximum Gasteiger partial charge on any atom is 0.315 e. The van der Waals surface area contributed by atoms with E-state index >= 15 is 0 Å². The molecule has 7 nitrogen and oxygen atoms in total. The van der Waals surface area contributed by atoms with Gasteiger partial charge in [0.1, 0.15) is 5.01 Å². The predicted octanol–water partition coefficient (Wildman–Crippen LogP) is 3.27. The highest BCUT2D eigenvalue weighted by atomic mass is 32.1. The topological polar surface area (TPSA) is 96.0 Å². The van der Waals surface area contributed by atoms with Gasteiger partial charge in [-0.1, -0.05) is 55.5 Å². The third-order valence-corrected chi connectivity index (χ3v) is 4.96. The van der Waals surface area contributed by atoms with E-state index in [1.807, 2.05) is 30.3 Å². The summed E-state index contributed by atoms with van der Waals surface area (Å²) in [5.41, 5.74) is 1.02. The molecule has 0 aliphatic carbocycles. The van der Waals surface area contributed by atoms with Crippen molar-refractivity contribution in [1.29, 1.82) is 0 Å². The van der Waals surface area contributed by atoms with Crippen LogP contribution in [0.4, 0.5) is 9.93 Å². The Kier molecular flexibility index (Phi) is 8.01. The molecule has 140 valence electrons. The third kappa shape index (κ3) is 6.44. The molecule has 0 aliphatic rings. The molecule has 0 aliphatic heterocycles. The average Bonchev–Trinajstić information content (AvgIpc) is 3.10. The molecule has 3 N–H and O–H groups in total. The van der Waals surface area contributed by atoms with E-state index in [9.17, 15) is 9.59 Å². The molecule has 8 heteroatoms. The minimum absolute atomic E-state index is 0.179. The lowest BCUT2D eigenvalue weighted by atomic mass is 10.1. The summed E-state index contributed by atoms with van der Waals surface area (Å²) < 4.78 is 0. The number of carbonyl (C=O) groups is 2. The highest BCUT2D eigenvalue weighted by molar-refractivity contribution is 7.15. The number of benzene rings is 1. The van der Waals surface area contributed by atoms with Crippen LogP contribution in [0.15, 0.2) is 30.3 Å². The quantitative estimate of drug-likeness (QED) is 0.627. The molecule has 0 unspecified atom stereocenters. The molecule has 0 atom stereocenters. The Morgan fingerprint density at radius 3 is 2.50 bits per heavy atom. The van der Waals surface area contributed by atoms with Crippen LogP contribution in [-0.4, -0.2) is 28.7 Å². The number of carbonyl (C=O) groups excluding carboxylic acids is 2. The van der Waals surface area contributed by atoms with Crippen molar-refractivity contribution in [2.24, 2.45) is 0 Å². The van der Waals surface area contributed by atoms with Gasteiger partial charge in [-0.3, -0.25) is 4.79 Å². The van der Waals surface area contributed by atoms with Gasteiger partial charge in [0, 0.05) is 25.4 Å². The van der Waals surface area contributed by atoms with Crippen LogP contribution < -0.4 is 16.0 Å². The third-order valence-electron chi connectivity index (χ3n) is 3.96. The summed E-state index contributed by atoms with van der Waals surface area (Å²) >= 11 is 1.41. The SMILES string of the molecule is CCC(CC)c1nnc(NC(=O)CCNC(=O)NCc2ccccc2)s1. The maximum atomic E-state index is 11.9. The monoisotopic (exact) mass is 375 g/mol. The molecule has 0 spiro atoms. The highest BCUT2D eigenvalue weighted by Gasteiger charge is 2.14. The van der Waals surface area contributed by atoms with Crippen molar-refractivity contribution in [3.05, 3.63) is 40.9 Å². The number of hydrogen-bond acceptors (Lipinski definition) is 5. The lowest BCUT2D eigenvalue weighted by Crippen LogP contribution is -2.36. The zero-order chi connectivity index (χ0) is 18.8. The van der Waals surface area contributed by atoms with Crippen LogP contribution in [0.3, 0.4) is 0 Å². The Bertz CT molecular complexity index is 701. The van der Waals surface area contributed by atoms with Gasteiger partial charge in [-0.15, -0.1) is 10.2 Å². The first-order valence-electron chi connectivity index (χ1n) is 8.81. The second-order valence-electron chi connectivity index (χ2n) is 5.85. The summed E-state index contributed by atoms with van der Waals surface area (Å²) in [4.78, 5) is 23.7. The van der Waals surface area contributed by atoms with Gasteiger partial charge >= 0.3 is 6.03 Å². The Morgan fingerprint density at radius 2 is 1.81 bits per heavy atom. The number of aromatic nitrogens is 2. The van der Waals surface area contributed by atoms with Crippen LogP contribution in [-0.2, 0) is 11.3 Å². The predicted molar refractivity (Wildman–Crippen MR) is 103 cm³/mol. The van der Waals surface area contributed by atoms with Gasteiger partial charge < -0.3 is 16.0 Å². The molecule has 2 aromatic rings. The summed E-state index contributed by atoms with van der Waals surface area (Å²) in [7, 11) is 0. The molecular weight excluding hydrogens is 350 g/mol. The largest absolute Gasteiger partial charge is 0.338 e. The molecule has 0 saturated heterocycles. The minimum atomic E-state index is -0.298. The molecule has 26 heavy (non-hydrogen) atoms. The van der Waals surface area contributed by atoms with Crippen LogP contribution in [0, 0.1) is 0 Å². The smallest absolute Gasteiger partial charge is 0.315 e. The average molecular weight is 375 g/mol. The summed E-state index contributed by atoms with van der Waals surface area (Å²) in [5, 5.41) is 17.8. The molecule has 2 rings (SSSR count). The first-order chi connectivity index (χ1) is 12.6. The molecule has 0 fully saturated rings. The number of hydrogen-bond donors (Lipinski definition) is 3. The molecule has 0 bridgehead atoms. The van der Waals surface area contributed by atoms with E-state index < -0.39 is 0 Å².